The van der Waals surface area contributed by atoms with Crippen molar-refractivity contribution in [1.29, 1.82) is 0 Å². The van der Waals surface area contributed by atoms with Crippen molar-refractivity contribution >= 4 is 282 Å². The summed E-state index contributed by atoms with van der Waals surface area (Å²) in [6.45, 7) is 0. The van der Waals surface area contributed by atoms with Crippen LogP contribution < -0.4 is 26.9 Å². The molecule has 0 heterocycles. The van der Waals surface area contributed by atoms with Gasteiger partial charge in [-0.05, 0) is 78.3 Å². The van der Waals surface area contributed by atoms with Crippen LogP contribution in [0.3, 0.4) is 0 Å². The molecule has 0 aliphatic carbocycles. The predicted octanol–water partition coefficient (Wildman–Crippen LogP) is 14.6. The van der Waals surface area contributed by atoms with E-state index in [0.717, 1.165) is 0 Å². The number of hydrogen-bond donors (Lipinski definition) is 7. The van der Waals surface area contributed by atoms with Crippen molar-refractivity contribution in [3.8, 4) is 0 Å². The molecule has 0 bridgehead atoms. The van der Waals surface area contributed by atoms with E-state index >= 15 is 0 Å². The van der Waals surface area contributed by atoms with Crippen LogP contribution in [-0.4, -0.2) is 63.6 Å². The molecule has 32 heteroatoms. The monoisotopic (exact) mass is 1410 g/mol. The Morgan fingerprint density at radius 3 is 0.533 bits per heavy atom. The maximum absolute atomic E-state index is 10.8. The fourth-order valence-electron chi connectivity index (χ4n) is 5.70. The Kier molecular flexibility index (Phi) is 29.7. The normalized spacial score (nSPS) is 10.4. The van der Waals surface area contributed by atoms with Crippen molar-refractivity contribution in [3.05, 3.63) is 214 Å². The average Bonchev–Trinajstić information content (AvgIpc) is 3.37. The molecule has 7 N–H and O–H groups in total. The van der Waals surface area contributed by atoms with Gasteiger partial charge in [-0.25, -0.2) is 0 Å². The van der Waals surface area contributed by atoms with Crippen LogP contribution in [0, 0.1) is 5.92 Å². The van der Waals surface area contributed by atoms with Crippen molar-refractivity contribution in [2.45, 2.75) is 0 Å². The van der Waals surface area contributed by atoms with Gasteiger partial charge >= 0.3 is 21.4 Å². The van der Waals surface area contributed by atoms with Gasteiger partial charge in [0.2, 0.25) is 7.12 Å². The number of benzene rings is 7. The van der Waals surface area contributed by atoms with Crippen molar-refractivity contribution in [3.63, 3.8) is 0 Å². The fourth-order valence-corrected chi connectivity index (χ4v) is 11.1. The van der Waals surface area contributed by atoms with Gasteiger partial charge in [0.25, 0.3) is 0 Å². The summed E-state index contributed by atoms with van der Waals surface area (Å²) in [7, 11) is -7.69. The Hall–Kier alpha value is 0.150. The number of halogens is 20. The maximum atomic E-state index is 10.8. The molecule has 0 saturated heterocycles. The molecule has 0 aliphatic heterocycles. The number of hydrogen-bond acceptors (Lipinski definition) is 8. The highest BCUT2D eigenvalue weighted by Crippen LogP contribution is 2.42. The highest BCUT2D eigenvalue weighted by Gasteiger charge is 2.29. The molecule has 7 rings (SSSR count). The fraction of sp³-hybridized carbons (Fsp3) is 0. The van der Waals surface area contributed by atoms with Crippen LogP contribution in [0.15, 0.2) is 91.0 Å². The predicted molar refractivity (Wildman–Crippen MR) is 323 cm³/mol. The van der Waals surface area contributed by atoms with E-state index in [1.165, 1.54) is 22.6 Å². The molecule has 0 aliphatic rings. The molecule has 7 aromatic rings. The molecule has 0 radical (unpaired) electrons. The molecule has 7 aromatic carbocycles. The largest absolute Gasteiger partial charge is 0.853 e. The highest BCUT2D eigenvalue weighted by molar-refractivity contribution is 6.73. The maximum Gasteiger partial charge on any atom is 0.491 e. The first-order valence-electron chi connectivity index (χ1n) is 19.5. The summed E-state index contributed by atoms with van der Waals surface area (Å²) in [6, 6.07) is 31.6. The van der Waals surface area contributed by atoms with Gasteiger partial charge in [0, 0.05) is 16.4 Å². The quantitative estimate of drug-likeness (QED) is 0.0273. The Bertz CT molecular complexity index is 2600. The second-order valence-corrected chi connectivity index (χ2v) is 21.4. The zero-order valence-corrected chi connectivity index (χ0v) is 51.2. The van der Waals surface area contributed by atoms with Gasteiger partial charge in [-0.1, -0.05) is 250 Å². The Labute approximate surface area is 530 Å². The smallest absolute Gasteiger partial charge is 0.491 e. The standard InChI is InChI=1S/C19H15.3C6H2BCl5O2.C6HBCl5O2/c1-4-10-16(11-5-1)19(17-12-6-2-7-13-17)18-14-8-3-9-15-18;4*8-2-1(7(13)14)3(9)5(11)6(12)4(2)10/h1-15H;3*13-14H;13H/q+1;;;;-1. The van der Waals surface area contributed by atoms with E-state index in [2.05, 4.69) is 91.0 Å². The summed E-state index contributed by atoms with van der Waals surface area (Å²) in [6.07, 6.45) is 0. The van der Waals surface area contributed by atoms with Crippen molar-refractivity contribution in [2.75, 3.05) is 0 Å². The zero-order valence-electron chi connectivity index (χ0n) is 36.1. The van der Waals surface area contributed by atoms with E-state index in [0.29, 0.717) is 0 Å². The second-order valence-electron chi connectivity index (χ2n) is 13.9. The van der Waals surface area contributed by atoms with Crippen LogP contribution in [0.4, 0.5) is 0 Å². The van der Waals surface area contributed by atoms with Gasteiger partial charge in [-0.15, -0.1) is 0 Å². The van der Waals surface area contributed by atoms with E-state index < -0.39 is 28.5 Å². The van der Waals surface area contributed by atoms with E-state index in [4.69, 9.17) is 267 Å². The lowest BCUT2D eigenvalue weighted by Crippen LogP contribution is -2.45. The molecule has 0 amide bonds. The molecule has 394 valence electrons. The van der Waals surface area contributed by atoms with Gasteiger partial charge < -0.3 is 40.2 Å². The van der Waals surface area contributed by atoms with Gasteiger partial charge in [0.1, 0.15) is 0 Å². The van der Waals surface area contributed by atoms with Gasteiger partial charge in [0.15, 0.2) is 0 Å². The van der Waals surface area contributed by atoms with Crippen LogP contribution in [-0.2, 0) is 0 Å². The lowest BCUT2D eigenvalue weighted by molar-refractivity contribution is -0.211. The summed E-state index contributed by atoms with van der Waals surface area (Å²) in [5, 5.41) is 71.5. The molecular formula is C43H22B4Cl20O8. The van der Waals surface area contributed by atoms with Crippen molar-refractivity contribution < 1.29 is 40.2 Å². The van der Waals surface area contributed by atoms with Crippen molar-refractivity contribution in [2.24, 2.45) is 0 Å². The summed E-state index contributed by atoms with van der Waals surface area (Å²) >= 11 is 113. The minimum Gasteiger partial charge on any atom is -0.853 e. The van der Waals surface area contributed by atoms with Crippen LogP contribution in [0.2, 0.25) is 100 Å². The molecule has 0 unspecified atom stereocenters. The number of rotatable bonds is 7. The van der Waals surface area contributed by atoms with Gasteiger partial charge in [0.05, 0.1) is 123 Å². The average molecular weight is 1420 g/mol. The molecule has 8 nitrogen and oxygen atoms in total. The van der Waals surface area contributed by atoms with Crippen molar-refractivity contribution in [1.82, 2.24) is 0 Å². The molecule has 75 heavy (non-hydrogen) atoms. The molecule has 0 fully saturated rings. The summed E-state index contributed by atoms with van der Waals surface area (Å²) in [5.74, 6) is 1.28. The highest BCUT2D eigenvalue weighted by atomic mass is 35.5. The van der Waals surface area contributed by atoms with Gasteiger partial charge in [-0.2, -0.15) is 0 Å². The zero-order chi connectivity index (χ0) is 57.1. The third kappa shape index (κ3) is 17.6. The van der Waals surface area contributed by atoms with Crippen LogP contribution >= 0.6 is 232 Å². The molecule has 0 spiro atoms. The Balaban J connectivity index is 0.000000249. The Morgan fingerprint density at radius 2 is 0.387 bits per heavy atom. The third-order valence-corrected chi connectivity index (χ3v) is 18.4. The first-order valence-corrected chi connectivity index (χ1v) is 27.0. The summed E-state index contributed by atoms with van der Waals surface area (Å²) < 4.78 is 0. The van der Waals surface area contributed by atoms with Gasteiger partial charge in [-0.3, -0.25) is 0 Å². The third-order valence-electron chi connectivity index (χ3n) is 9.18. The first kappa shape index (κ1) is 69.4. The summed E-state index contributed by atoms with van der Waals surface area (Å²) in [4.78, 5) is 0. The van der Waals surface area contributed by atoms with E-state index in [1.807, 2.05) is 0 Å². The topological polar surface area (TPSA) is 165 Å². The van der Waals surface area contributed by atoms with Crippen LogP contribution in [0.25, 0.3) is 0 Å². The lowest BCUT2D eigenvalue weighted by Gasteiger charge is -2.18. The first-order chi connectivity index (χ1) is 34.9. The minimum atomic E-state index is -2.11. The summed E-state index contributed by atoms with van der Waals surface area (Å²) in [5.41, 5.74) is 3.00. The molecular weight excluding hydrogens is 1400 g/mol. The SMILES string of the molecule is OB(O)c1c(Cl)c(Cl)c(Cl)c(Cl)c1Cl.OB(O)c1c(Cl)c(Cl)c(Cl)c(Cl)c1Cl.OB(O)c1c(Cl)c(Cl)c(Cl)c(Cl)c1Cl.[O-]B(O)c1c(Cl)c(Cl)c(Cl)c(Cl)c1Cl.c1ccc([C+](c2ccccc2)c2ccccc2)cc1. The van der Waals surface area contributed by atoms with E-state index in [9.17, 15) is 5.02 Å². The Morgan fingerprint density at radius 1 is 0.240 bits per heavy atom. The minimum absolute atomic E-state index is 0.0206. The molecule has 0 aromatic heterocycles. The molecule has 0 atom stereocenters. The van der Waals surface area contributed by atoms with E-state index in [-0.39, 0.29) is 122 Å². The second kappa shape index (κ2) is 32.1. The van der Waals surface area contributed by atoms with Crippen LogP contribution in [0.5, 0.6) is 0 Å². The van der Waals surface area contributed by atoms with E-state index in [1.54, 1.807) is 0 Å². The van der Waals surface area contributed by atoms with Crippen LogP contribution in [0.1, 0.15) is 16.7 Å². The molecule has 0 saturated carbocycles. The lowest BCUT2D eigenvalue weighted by atomic mass is 9.80.